The van der Waals surface area contributed by atoms with Gasteiger partial charge in [-0.2, -0.15) is 0 Å². The predicted molar refractivity (Wildman–Crippen MR) is 83.8 cm³/mol. The molecule has 0 unspecified atom stereocenters. The third-order valence-electron chi connectivity index (χ3n) is 3.67. The third kappa shape index (κ3) is 3.34. The maximum absolute atomic E-state index is 12.7. The van der Waals surface area contributed by atoms with Crippen LogP contribution in [0.5, 0.6) is 0 Å². The molecular weight excluding hydrogens is 276 g/mol. The van der Waals surface area contributed by atoms with E-state index in [9.17, 15) is 4.79 Å². The Morgan fingerprint density at radius 1 is 1.53 bits per heavy atom. The fourth-order valence-corrected chi connectivity index (χ4v) is 3.77. The molecule has 1 aromatic heterocycles. The second-order valence-corrected chi connectivity index (χ2v) is 6.41. The summed E-state index contributed by atoms with van der Waals surface area (Å²) in [5.74, 6) is 0.103. The van der Waals surface area contributed by atoms with E-state index in [4.69, 9.17) is 18.0 Å². The molecule has 0 radical (unpaired) electrons. The van der Waals surface area contributed by atoms with E-state index in [1.807, 2.05) is 16.3 Å². The standard InChI is InChI=1S/C14H20N2OS2/c1-2-10-7-8-19-13(10)14(17)16(9-12(15)18)11-5-3-4-6-11/h7-8,11H,2-6,9H2,1H3,(H2,15,18). The normalized spacial score (nSPS) is 15.6. The van der Waals surface area contributed by atoms with E-state index < -0.39 is 0 Å². The van der Waals surface area contributed by atoms with Crippen molar-refractivity contribution >= 4 is 34.5 Å². The summed E-state index contributed by atoms with van der Waals surface area (Å²) in [4.78, 5) is 15.9. The highest BCUT2D eigenvalue weighted by Gasteiger charge is 2.29. The van der Waals surface area contributed by atoms with Crippen LogP contribution in [-0.2, 0) is 6.42 Å². The molecule has 2 rings (SSSR count). The Hall–Kier alpha value is -0.940. The first-order valence-corrected chi connectivity index (χ1v) is 8.08. The highest BCUT2D eigenvalue weighted by atomic mass is 32.1. The van der Waals surface area contributed by atoms with Crippen molar-refractivity contribution in [2.45, 2.75) is 45.1 Å². The van der Waals surface area contributed by atoms with E-state index in [2.05, 4.69) is 6.92 Å². The van der Waals surface area contributed by atoms with Gasteiger partial charge in [0.05, 0.1) is 16.4 Å². The van der Waals surface area contributed by atoms with Crippen LogP contribution >= 0.6 is 23.6 Å². The number of hydrogen-bond acceptors (Lipinski definition) is 3. The number of aryl methyl sites for hydroxylation is 1. The van der Waals surface area contributed by atoms with Crippen molar-refractivity contribution in [2.24, 2.45) is 5.73 Å². The minimum absolute atomic E-state index is 0.103. The van der Waals surface area contributed by atoms with Gasteiger partial charge < -0.3 is 10.6 Å². The van der Waals surface area contributed by atoms with Crippen molar-refractivity contribution in [3.05, 3.63) is 21.9 Å². The summed E-state index contributed by atoms with van der Waals surface area (Å²) in [6, 6.07) is 2.34. The Balaban J connectivity index is 2.21. The summed E-state index contributed by atoms with van der Waals surface area (Å²) in [6.45, 7) is 2.48. The Labute approximate surface area is 123 Å². The number of nitrogens with zero attached hydrogens (tertiary/aromatic N) is 1. The second-order valence-electron chi connectivity index (χ2n) is 4.97. The number of rotatable bonds is 5. The largest absolute Gasteiger partial charge is 0.392 e. The van der Waals surface area contributed by atoms with Crippen molar-refractivity contribution in [3.8, 4) is 0 Å². The smallest absolute Gasteiger partial charge is 0.264 e. The average Bonchev–Trinajstić information content (AvgIpc) is 3.05. The van der Waals surface area contributed by atoms with Gasteiger partial charge >= 0.3 is 0 Å². The quantitative estimate of drug-likeness (QED) is 0.850. The Morgan fingerprint density at radius 3 is 2.79 bits per heavy atom. The molecule has 1 fully saturated rings. The molecule has 0 bridgehead atoms. The molecule has 104 valence electrons. The lowest BCUT2D eigenvalue weighted by Crippen LogP contribution is -2.43. The molecule has 0 aliphatic heterocycles. The average molecular weight is 296 g/mol. The number of nitrogens with two attached hydrogens (primary N) is 1. The molecule has 1 heterocycles. The van der Waals surface area contributed by atoms with Crippen LogP contribution in [0, 0.1) is 0 Å². The maximum Gasteiger partial charge on any atom is 0.264 e. The molecule has 1 aliphatic rings. The van der Waals surface area contributed by atoms with E-state index in [-0.39, 0.29) is 5.91 Å². The minimum Gasteiger partial charge on any atom is -0.392 e. The fourth-order valence-electron chi connectivity index (χ4n) is 2.68. The van der Waals surface area contributed by atoms with Gasteiger partial charge in [0.15, 0.2) is 0 Å². The van der Waals surface area contributed by atoms with E-state index in [0.29, 0.717) is 17.6 Å². The van der Waals surface area contributed by atoms with Gasteiger partial charge in [-0.15, -0.1) is 11.3 Å². The zero-order chi connectivity index (χ0) is 13.8. The number of thiophene rings is 1. The van der Waals surface area contributed by atoms with Crippen LogP contribution in [0.25, 0.3) is 0 Å². The Morgan fingerprint density at radius 2 is 2.21 bits per heavy atom. The Kier molecular flexibility index (Phi) is 4.93. The van der Waals surface area contributed by atoms with Crippen molar-refractivity contribution < 1.29 is 4.79 Å². The summed E-state index contributed by atoms with van der Waals surface area (Å²) in [5.41, 5.74) is 6.79. The Bertz CT molecular complexity index is 464. The van der Waals surface area contributed by atoms with E-state index in [1.165, 1.54) is 24.2 Å². The van der Waals surface area contributed by atoms with Crippen LogP contribution in [0.2, 0.25) is 0 Å². The fraction of sp³-hybridized carbons (Fsp3) is 0.571. The summed E-state index contributed by atoms with van der Waals surface area (Å²) in [5, 5.41) is 1.99. The third-order valence-corrected chi connectivity index (χ3v) is 4.75. The summed E-state index contributed by atoms with van der Waals surface area (Å²) >= 11 is 6.53. The van der Waals surface area contributed by atoms with Gasteiger partial charge in [-0.3, -0.25) is 4.79 Å². The predicted octanol–water partition coefficient (Wildman–Crippen LogP) is 2.98. The van der Waals surface area contributed by atoms with Crippen LogP contribution in [0.15, 0.2) is 11.4 Å². The van der Waals surface area contributed by atoms with Gasteiger partial charge in [0.1, 0.15) is 0 Å². The van der Waals surface area contributed by atoms with Gasteiger partial charge in [-0.25, -0.2) is 0 Å². The second kappa shape index (κ2) is 6.48. The zero-order valence-corrected chi connectivity index (χ0v) is 12.9. The van der Waals surface area contributed by atoms with E-state index >= 15 is 0 Å². The molecule has 1 amide bonds. The topological polar surface area (TPSA) is 46.3 Å². The minimum atomic E-state index is 0.103. The summed E-state index contributed by atoms with van der Waals surface area (Å²) in [6.07, 6.45) is 5.41. The zero-order valence-electron chi connectivity index (χ0n) is 11.2. The molecule has 2 N–H and O–H groups in total. The van der Waals surface area contributed by atoms with Gasteiger partial charge in [-0.1, -0.05) is 32.0 Å². The summed E-state index contributed by atoms with van der Waals surface area (Å²) < 4.78 is 0. The number of thiocarbonyl (C=S) groups is 1. The van der Waals surface area contributed by atoms with Crippen LogP contribution in [0.1, 0.15) is 47.8 Å². The lowest BCUT2D eigenvalue weighted by atomic mass is 10.1. The van der Waals surface area contributed by atoms with Crippen LogP contribution in [0.4, 0.5) is 0 Å². The first kappa shape index (κ1) is 14.5. The number of hydrogen-bond donors (Lipinski definition) is 1. The number of amides is 1. The summed E-state index contributed by atoms with van der Waals surface area (Å²) in [7, 11) is 0. The molecule has 0 atom stereocenters. The molecule has 0 saturated heterocycles. The lowest BCUT2D eigenvalue weighted by molar-refractivity contribution is 0.0718. The van der Waals surface area contributed by atoms with Crippen LogP contribution in [0.3, 0.4) is 0 Å². The van der Waals surface area contributed by atoms with E-state index in [0.717, 1.165) is 29.7 Å². The number of carbonyl (C=O) groups is 1. The monoisotopic (exact) mass is 296 g/mol. The van der Waals surface area contributed by atoms with E-state index in [1.54, 1.807) is 0 Å². The molecule has 0 spiro atoms. The van der Waals surface area contributed by atoms with Gasteiger partial charge in [0.2, 0.25) is 0 Å². The molecule has 1 aromatic rings. The number of carbonyl (C=O) groups excluding carboxylic acids is 1. The highest BCUT2D eigenvalue weighted by molar-refractivity contribution is 7.80. The van der Waals surface area contributed by atoms with Crippen molar-refractivity contribution in [2.75, 3.05) is 6.54 Å². The first-order valence-electron chi connectivity index (χ1n) is 6.79. The van der Waals surface area contributed by atoms with Gasteiger partial charge in [-0.05, 0) is 36.3 Å². The molecule has 19 heavy (non-hydrogen) atoms. The van der Waals surface area contributed by atoms with Crippen molar-refractivity contribution in [3.63, 3.8) is 0 Å². The lowest BCUT2D eigenvalue weighted by Gasteiger charge is -2.28. The van der Waals surface area contributed by atoms with Crippen LogP contribution < -0.4 is 5.73 Å². The highest BCUT2D eigenvalue weighted by Crippen LogP contribution is 2.27. The molecule has 0 aromatic carbocycles. The van der Waals surface area contributed by atoms with Crippen molar-refractivity contribution in [1.29, 1.82) is 0 Å². The van der Waals surface area contributed by atoms with Gasteiger partial charge in [0.25, 0.3) is 5.91 Å². The van der Waals surface area contributed by atoms with Crippen molar-refractivity contribution in [1.82, 2.24) is 4.90 Å². The maximum atomic E-state index is 12.7. The molecular formula is C14H20N2OS2. The molecule has 5 heteroatoms. The molecule has 3 nitrogen and oxygen atoms in total. The molecule has 1 saturated carbocycles. The van der Waals surface area contributed by atoms with Crippen LogP contribution in [-0.4, -0.2) is 28.4 Å². The van der Waals surface area contributed by atoms with Gasteiger partial charge in [0, 0.05) is 6.04 Å². The SMILES string of the molecule is CCc1ccsc1C(=O)N(CC(N)=S)C1CCCC1. The first-order chi connectivity index (χ1) is 9.13. The molecule has 1 aliphatic carbocycles.